The standard InChI is InChI=1S/C18H21NO3S/c1-18(8-3-2-4-9-18)12-19-16(21)15(23-17(19)22)11-13-6-5-7-14(20)10-13/h5-7,10-11,20H,2-4,8-9,12H2,1H3/b15-11-. The zero-order valence-corrected chi connectivity index (χ0v) is 14.1. The van der Waals surface area contributed by atoms with Crippen LogP contribution >= 0.6 is 11.8 Å². The second kappa shape index (κ2) is 6.40. The largest absolute Gasteiger partial charge is 0.508 e. The highest BCUT2D eigenvalue weighted by molar-refractivity contribution is 8.18. The number of aromatic hydroxyl groups is 1. The first-order valence-electron chi connectivity index (χ1n) is 8.01. The number of rotatable bonds is 3. The number of phenolic OH excluding ortho intramolecular Hbond substituents is 1. The van der Waals surface area contributed by atoms with Crippen LogP contribution in [0, 0.1) is 5.41 Å². The van der Waals surface area contributed by atoms with Crippen molar-refractivity contribution in [3.05, 3.63) is 34.7 Å². The molecule has 122 valence electrons. The fourth-order valence-electron chi connectivity index (χ4n) is 3.35. The molecule has 1 saturated carbocycles. The third-order valence-corrected chi connectivity index (χ3v) is 5.55. The van der Waals surface area contributed by atoms with E-state index in [0.29, 0.717) is 11.4 Å². The molecule has 0 radical (unpaired) electrons. The van der Waals surface area contributed by atoms with Crippen LogP contribution in [0.5, 0.6) is 5.75 Å². The summed E-state index contributed by atoms with van der Waals surface area (Å²) in [6.07, 6.45) is 7.40. The Bertz CT molecular complexity index is 662. The second-order valence-corrected chi connectivity index (χ2v) is 7.73. The van der Waals surface area contributed by atoms with Crippen LogP contribution in [0.15, 0.2) is 29.2 Å². The first kappa shape index (κ1) is 16.1. The molecule has 0 atom stereocenters. The highest BCUT2D eigenvalue weighted by atomic mass is 32.2. The van der Waals surface area contributed by atoms with E-state index in [4.69, 9.17) is 0 Å². The Labute approximate surface area is 140 Å². The second-order valence-electron chi connectivity index (χ2n) is 6.73. The zero-order valence-electron chi connectivity index (χ0n) is 13.2. The zero-order chi connectivity index (χ0) is 16.4. The van der Waals surface area contributed by atoms with Gasteiger partial charge in [-0.2, -0.15) is 0 Å². The summed E-state index contributed by atoms with van der Waals surface area (Å²) in [6, 6.07) is 6.67. The monoisotopic (exact) mass is 331 g/mol. The summed E-state index contributed by atoms with van der Waals surface area (Å²) in [6.45, 7) is 2.68. The first-order valence-corrected chi connectivity index (χ1v) is 8.83. The van der Waals surface area contributed by atoms with Crippen molar-refractivity contribution >= 4 is 29.0 Å². The molecule has 1 N–H and O–H groups in total. The number of hydrogen-bond donors (Lipinski definition) is 1. The number of phenols is 1. The lowest BCUT2D eigenvalue weighted by molar-refractivity contribution is -0.124. The van der Waals surface area contributed by atoms with Crippen molar-refractivity contribution in [1.29, 1.82) is 0 Å². The number of hydrogen-bond acceptors (Lipinski definition) is 4. The average molecular weight is 331 g/mol. The molecule has 1 aromatic carbocycles. The van der Waals surface area contributed by atoms with E-state index in [-0.39, 0.29) is 22.3 Å². The third-order valence-electron chi connectivity index (χ3n) is 4.64. The molecular formula is C18H21NO3S. The quantitative estimate of drug-likeness (QED) is 0.834. The van der Waals surface area contributed by atoms with Gasteiger partial charge in [-0.05, 0) is 53.8 Å². The lowest BCUT2D eigenvalue weighted by atomic mass is 9.75. The van der Waals surface area contributed by atoms with Crippen molar-refractivity contribution in [2.75, 3.05) is 6.54 Å². The molecule has 1 aliphatic heterocycles. The third kappa shape index (κ3) is 3.61. The molecule has 0 unspecified atom stereocenters. The summed E-state index contributed by atoms with van der Waals surface area (Å²) >= 11 is 0.987. The van der Waals surface area contributed by atoms with Gasteiger partial charge in [0.05, 0.1) is 4.91 Å². The van der Waals surface area contributed by atoms with Crippen LogP contribution in [-0.4, -0.2) is 27.7 Å². The van der Waals surface area contributed by atoms with E-state index in [9.17, 15) is 14.7 Å². The first-order chi connectivity index (χ1) is 11.0. The highest BCUT2D eigenvalue weighted by Gasteiger charge is 2.40. The fraction of sp³-hybridized carbons (Fsp3) is 0.444. The van der Waals surface area contributed by atoms with Crippen LogP contribution in [0.25, 0.3) is 6.08 Å². The summed E-state index contributed by atoms with van der Waals surface area (Å²) in [5.41, 5.74) is 0.768. The van der Waals surface area contributed by atoms with Crippen LogP contribution in [0.3, 0.4) is 0 Å². The van der Waals surface area contributed by atoms with E-state index >= 15 is 0 Å². The van der Waals surface area contributed by atoms with Crippen LogP contribution in [0.4, 0.5) is 4.79 Å². The normalized spacial score (nSPS) is 22.8. The van der Waals surface area contributed by atoms with E-state index < -0.39 is 0 Å². The van der Waals surface area contributed by atoms with Crippen molar-refractivity contribution in [3.8, 4) is 5.75 Å². The van der Waals surface area contributed by atoms with Crippen molar-refractivity contribution in [2.45, 2.75) is 39.0 Å². The van der Waals surface area contributed by atoms with Gasteiger partial charge >= 0.3 is 0 Å². The van der Waals surface area contributed by atoms with E-state index in [1.165, 1.54) is 24.2 Å². The van der Waals surface area contributed by atoms with Gasteiger partial charge < -0.3 is 5.11 Å². The lowest BCUT2D eigenvalue weighted by Gasteiger charge is -2.35. The van der Waals surface area contributed by atoms with Crippen LogP contribution < -0.4 is 0 Å². The molecule has 1 saturated heterocycles. The predicted octanol–water partition coefficient (Wildman–Crippen LogP) is 4.40. The maximum absolute atomic E-state index is 12.6. The topological polar surface area (TPSA) is 57.6 Å². The summed E-state index contributed by atoms with van der Waals surface area (Å²) in [5.74, 6) is -0.0668. The Balaban J connectivity index is 1.77. The molecule has 2 fully saturated rings. The van der Waals surface area contributed by atoms with Gasteiger partial charge in [0.15, 0.2) is 0 Å². The van der Waals surface area contributed by atoms with E-state index in [1.54, 1.807) is 30.3 Å². The molecule has 4 nitrogen and oxygen atoms in total. The molecule has 3 rings (SSSR count). The van der Waals surface area contributed by atoms with Crippen molar-refractivity contribution in [3.63, 3.8) is 0 Å². The molecule has 0 bridgehead atoms. The van der Waals surface area contributed by atoms with Gasteiger partial charge in [0.2, 0.25) is 0 Å². The summed E-state index contributed by atoms with van der Waals surface area (Å²) in [5, 5.41) is 9.32. The Morgan fingerprint density at radius 1 is 1.26 bits per heavy atom. The van der Waals surface area contributed by atoms with E-state index in [0.717, 1.165) is 30.2 Å². The van der Waals surface area contributed by atoms with Gasteiger partial charge in [0.25, 0.3) is 11.1 Å². The van der Waals surface area contributed by atoms with Crippen molar-refractivity contribution in [2.24, 2.45) is 5.41 Å². The van der Waals surface area contributed by atoms with Crippen molar-refractivity contribution < 1.29 is 14.7 Å². The van der Waals surface area contributed by atoms with Gasteiger partial charge in [-0.15, -0.1) is 0 Å². The molecule has 23 heavy (non-hydrogen) atoms. The number of nitrogens with zero attached hydrogens (tertiary/aromatic N) is 1. The molecule has 2 aliphatic rings. The molecule has 0 aromatic heterocycles. The minimum atomic E-state index is -0.213. The molecule has 1 heterocycles. The molecule has 5 heteroatoms. The number of carbonyl (C=O) groups excluding carboxylic acids is 2. The maximum atomic E-state index is 12.6. The average Bonchev–Trinajstić information content (AvgIpc) is 2.75. The summed E-state index contributed by atoms with van der Waals surface area (Å²) < 4.78 is 0. The van der Waals surface area contributed by atoms with Gasteiger partial charge in [-0.25, -0.2) is 0 Å². The van der Waals surface area contributed by atoms with Crippen molar-refractivity contribution in [1.82, 2.24) is 4.90 Å². The summed E-state index contributed by atoms with van der Waals surface area (Å²) in [7, 11) is 0. The summed E-state index contributed by atoms with van der Waals surface area (Å²) in [4.78, 5) is 26.6. The highest BCUT2D eigenvalue weighted by Crippen LogP contribution is 2.40. The van der Waals surface area contributed by atoms with Gasteiger partial charge in [-0.3, -0.25) is 14.5 Å². The molecule has 2 amide bonds. The molecular weight excluding hydrogens is 310 g/mol. The number of thioether (sulfide) groups is 1. The van der Waals surface area contributed by atoms with Crippen LogP contribution in [0.1, 0.15) is 44.6 Å². The lowest BCUT2D eigenvalue weighted by Crippen LogP contribution is -2.39. The Morgan fingerprint density at radius 3 is 2.70 bits per heavy atom. The van der Waals surface area contributed by atoms with Crippen LogP contribution in [0.2, 0.25) is 0 Å². The predicted molar refractivity (Wildman–Crippen MR) is 92.0 cm³/mol. The number of imide groups is 1. The minimum Gasteiger partial charge on any atom is -0.508 e. The smallest absolute Gasteiger partial charge is 0.293 e. The Hall–Kier alpha value is -1.75. The van der Waals surface area contributed by atoms with Gasteiger partial charge in [0.1, 0.15) is 5.75 Å². The molecule has 1 aromatic rings. The maximum Gasteiger partial charge on any atom is 0.293 e. The van der Waals surface area contributed by atoms with Gasteiger partial charge in [-0.1, -0.05) is 38.3 Å². The van der Waals surface area contributed by atoms with E-state index in [2.05, 4.69) is 6.92 Å². The van der Waals surface area contributed by atoms with E-state index in [1.807, 2.05) is 0 Å². The molecule has 0 spiro atoms. The fourth-order valence-corrected chi connectivity index (χ4v) is 4.19. The number of benzene rings is 1. The molecule has 1 aliphatic carbocycles. The SMILES string of the molecule is CC1(CN2C(=O)S/C(=C\c3cccc(O)c3)C2=O)CCCCC1. The van der Waals surface area contributed by atoms with Crippen LogP contribution in [-0.2, 0) is 4.79 Å². The Kier molecular flexibility index (Phi) is 4.48. The number of carbonyl (C=O) groups is 2. The van der Waals surface area contributed by atoms with Gasteiger partial charge in [0, 0.05) is 6.54 Å². The minimum absolute atomic E-state index is 0.0462. The number of amides is 2. The Morgan fingerprint density at radius 2 is 2.00 bits per heavy atom.